The maximum atomic E-state index is 14.8. The first-order valence-electron chi connectivity index (χ1n) is 13.2. The van der Waals surface area contributed by atoms with E-state index in [2.05, 4.69) is 6.07 Å². The Kier molecular flexibility index (Phi) is 7.18. The number of nitrogens with zero attached hydrogens (tertiary/aromatic N) is 1. The topological polar surface area (TPSA) is 49.8 Å². The van der Waals surface area contributed by atoms with Crippen LogP contribution >= 0.6 is 11.6 Å². The van der Waals surface area contributed by atoms with Gasteiger partial charge < -0.3 is 9.84 Å². The van der Waals surface area contributed by atoms with Crippen molar-refractivity contribution < 1.29 is 32.2 Å². The summed E-state index contributed by atoms with van der Waals surface area (Å²) in [6.45, 7) is 4.57. The summed E-state index contributed by atoms with van der Waals surface area (Å²) in [4.78, 5) is 13.7. The van der Waals surface area contributed by atoms with Crippen LogP contribution in [0.4, 0.5) is 17.6 Å². The predicted octanol–water partition coefficient (Wildman–Crippen LogP) is 7.63. The molecule has 5 rings (SSSR count). The molecular formula is C29H32ClF4NO3. The van der Waals surface area contributed by atoms with E-state index in [4.69, 9.17) is 16.3 Å². The van der Waals surface area contributed by atoms with Crippen LogP contribution in [0, 0.1) is 17.7 Å². The van der Waals surface area contributed by atoms with Crippen LogP contribution in [0.2, 0.25) is 5.02 Å². The number of hydrogen-bond donors (Lipinski definition) is 1. The summed E-state index contributed by atoms with van der Waals surface area (Å²) in [5, 5.41) is 9.12. The lowest BCUT2D eigenvalue weighted by Gasteiger charge is -2.46. The van der Waals surface area contributed by atoms with Crippen molar-refractivity contribution in [1.29, 1.82) is 0 Å². The van der Waals surface area contributed by atoms with Gasteiger partial charge in [-0.25, -0.2) is 4.39 Å². The molecule has 2 aliphatic heterocycles. The fourth-order valence-electron chi connectivity index (χ4n) is 6.25. The van der Waals surface area contributed by atoms with Gasteiger partial charge >= 0.3 is 12.1 Å². The van der Waals surface area contributed by atoms with E-state index in [0.717, 1.165) is 48.6 Å². The molecule has 2 heterocycles. The summed E-state index contributed by atoms with van der Waals surface area (Å²) in [7, 11) is 0. The monoisotopic (exact) mass is 553 g/mol. The van der Waals surface area contributed by atoms with Crippen molar-refractivity contribution in [3.05, 3.63) is 63.4 Å². The highest BCUT2D eigenvalue weighted by Crippen LogP contribution is 2.49. The molecule has 1 saturated carbocycles. The van der Waals surface area contributed by atoms with Gasteiger partial charge in [-0.1, -0.05) is 30.7 Å². The Bertz CT molecular complexity index is 1220. The number of carboxylic acids is 1. The molecule has 38 heavy (non-hydrogen) atoms. The van der Waals surface area contributed by atoms with Gasteiger partial charge in [0.25, 0.3) is 0 Å². The molecule has 1 N–H and O–H groups in total. The number of rotatable bonds is 6. The highest BCUT2D eigenvalue weighted by Gasteiger charge is 2.43. The van der Waals surface area contributed by atoms with Gasteiger partial charge in [-0.2, -0.15) is 13.2 Å². The average Bonchev–Trinajstić information content (AvgIpc) is 3.70. The summed E-state index contributed by atoms with van der Waals surface area (Å²) >= 11 is 5.82. The van der Waals surface area contributed by atoms with Crippen molar-refractivity contribution in [2.45, 2.75) is 76.1 Å². The Morgan fingerprint density at radius 3 is 2.42 bits per heavy atom. The van der Waals surface area contributed by atoms with E-state index in [1.807, 2.05) is 17.0 Å². The van der Waals surface area contributed by atoms with Crippen molar-refractivity contribution in [2.24, 2.45) is 11.8 Å². The summed E-state index contributed by atoms with van der Waals surface area (Å²) in [6.07, 6.45) is 0.445. The smallest absolute Gasteiger partial charge is 0.416 e. The van der Waals surface area contributed by atoms with Crippen molar-refractivity contribution in [3.8, 4) is 5.75 Å². The predicted molar refractivity (Wildman–Crippen MR) is 136 cm³/mol. The summed E-state index contributed by atoms with van der Waals surface area (Å²) in [6, 6.07) is 7.03. The normalized spacial score (nSPS) is 21.9. The second-order valence-corrected chi connectivity index (χ2v) is 11.6. The zero-order chi connectivity index (χ0) is 27.4. The molecule has 206 valence electrons. The summed E-state index contributed by atoms with van der Waals surface area (Å²) in [5.74, 6) is -0.954. The molecule has 1 saturated heterocycles. The molecule has 2 aromatic rings. The molecule has 0 bridgehead atoms. The molecule has 2 fully saturated rings. The second-order valence-electron chi connectivity index (χ2n) is 11.2. The number of likely N-dealkylation sites (tertiary alicyclic amines) is 1. The maximum Gasteiger partial charge on any atom is 0.416 e. The van der Waals surface area contributed by atoms with Crippen LogP contribution in [0.3, 0.4) is 0 Å². The van der Waals surface area contributed by atoms with Crippen LogP contribution in [0.15, 0.2) is 30.3 Å². The molecule has 9 heteroatoms. The number of benzene rings is 2. The van der Waals surface area contributed by atoms with E-state index in [-0.39, 0.29) is 11.5 Å². The molecule has 4 nitrogen and oxygen atoms in total. The molecular weight excluding hydrogens is 522 g/mol. The number of fused-ring (bicyclic) bond motifs is 1. The number of alkyl halides is 3. The molecule has 0 radical (unpaired) electrons. The lowest BCUT2D eigenvalue weighted by molar-refractivity contribution is -0.142. The molecule has 1 spiro atoms. The van der Waals surface area contributed by atoms with Gasteiger partial charge in [0.1, 0.15) is 17.2 Å². The van der Waals surface area contributed by atoms with Gasteiger partial charge in [-0.3, -0.25) is 9.69 Å². The Morgan fingerprint density at radius 2 is 1.82 bits per heavy atom. The Hall–Kier alpha value is -2.32. The van der Waals surface area contributed by atoms with E-state index in [1.54, 1.807) is 13.8 Å². The van der Waals surface area contributed by atoms with Crippen LogP contribution in [0.25, 0.3) is 0 Å². The largest absolute Gasteiger partial charge is 0.487 e. The number of piperidine rings is 1. The Morgan fingerprint density at radius 1 is 1.13 bits per heavy atom. The zero-order valence-electron chi connectivity index (χ0n) is 21.5. The highest BCUT2D eigenvalue weighted by atomic mass is 35.5. The standard InChI is InChI=1S/C29H32ClF4NO3/c1-16(27(36)37)25(19-4-5-19)20-6-3-18-7-8-28(38-24(18)13-20)9-11-35(12-10-28)17(2)22-14-21(29(32,33)34)15-23(30)26(22)31/h3,6,13-17,19,25H,4-5,7-12H2,1-2H3,(H,36,37). The lowest BCUT2D eigenvalue weighted by Crippen LogP contribution is -2.50. The molecule has 0 amide bonds. The minimum Gasteiger partial charge on any atom is -0.487 e. The molecule has 3 atom stereocenters. The molecule has 3 unspecified atom stereocenters. The minimum atomic E-state index is -4.61. The van der Waals surface area contributed by atoms with Gasteiger partial charge in [0.2, 0.25) is 0 Å². The first kappa shape index (κ1) is 27.3. The second kappa shape index (κ2) is 10.0. The third-order valence-corrected chi connectivity index (χ3v) is 9.08. The van der Waals surface area contributed by atoms with E-state index in [9.17, 15) is 27.5 Å². The summed E-state index contributed by atoms with van der Waals surface area (Å²) in [5.41, 5.74) is 0.691. The van der Waals surface area contributed by atoms with Gasteiger partial charge in [0.05, 0.1) is 16.5 Å². The van der Waals surface area contributed by atoms with Gasteiger partial charge in [0.15, 0.2) is 0 Å². The van der Waals surface area contributed by atoms with Crippen LogP contribution in [-0.4, -0.2) is 34.7 Å². The van der Waals surface area contributed by atoms with Crippen LogP contribution in [-0.2, 0) is 17.4 Å². The minimum absolute atomic E-state index is 0.0452. The third kappa shape index (κ3) is 5.26. The number of halogens is 5. The number of ether oxygens (including phenoxy) is 1. The van der Waals surface area contributed by atoms with Crippen LogP contribution in [0.1, 0.15) is 80.2 Å². The fourth-order valence-corrected chi connectivity index (χ4v) is 6.48. The first-order chi connectivity index (χ1) is 17.9. The number of hydrogen-bond acceptors (Lipinski definition) is 3. The quantitative estimate of drug-likeness (QED) is 0.374. The van der Waals surface area contributed by atoms with Crippen molar-refractivity contribution >= 4 is 17.6 Å². The van der Waals surface area contributed by atoms with E-state index in [0.29, 0.717) is 37.9 Å². The number of carboxylic acid groups (broad SMARTS) is 1. The maximum absolute atomic E-state index is 14.8. The molecule has 0 aromatic heterocycles. The SMILES string of the molecule is CC(C(=O)O)C(c1ccc2c(c1)OC1(CC2)CCN(C(C)c2cc(C(F)(F)F)cc(Cl)c2F)CC1)C1CC1. The zero-order valence-corrected chi connectivity index (χ0v) is 22.2. The van der Waals surface area contributed by atoms with Gasteiger partial charge in [-0.15, -0.1) is 0 Å². The Labute approximate surface area is 224 Å². The molecule has 2 aromatic carbocycles. The van der Waals surface area contributed by atoms with Crippen LogP contribution in [0.5, 0.6) is 5.75 Å². The van der Waals surface area contributed by atoms with E-state index < -0.39 is 46.1 Å². The lowest BCUT2D eigenvalue weighted by atomic mass is 9.80. The number of carbonyl (C=O) groups is 1. The van der Waals surface area contributed by atoms with Gasteiger partial charge in [0, 0.05) is 24.7 Å². The van der Waals surface area contributed by atoms with Crippen molar-refractivity contribution in [2.75, 3.05) is 13.1 Å². The van der Waals surface area contributed by atoms with Crippen molar-refractivity contribution in [3.63, 3.8) is 0 Å². The average molecular weight is 554 g/mol. The molecule has 3 aliphatic rings. The number of aryl methyl sites for hydroxylation is 1. The third-order valence-electron chi connectivity index (χ3n) is 8.80. The van der Waals surface area contributed by atoms with Crippen molar-refractivity contribution in [1.82, 2.24) is 4.90 Å². The first-order valence-corrected chi connectivity index (χ1v) is 13.6. The highest BCUT2D eigenvalue weighted by molar-refractivity contribution is 6.30. The molecule has 1 aliphatic carbocycles. The van der Waals surface area contributed by atoms with Crippen LogP contribution < -0.4 is 4.74 Å². The van der Waals surface area contributed by atoms with Gasteiger partial charge in [-0.05, 0) is 86.6 Å². The fraction of sp³-hybridized carbons (Fsp3) is 0.552. The Balaban J connectivity index is 1.31. The number of aliphatic carboxylic acids is 1. The summed E-state index contributed by atoms with van der Waals surface area (Å²) < 4.78 is 61.3. The van der Waals surface area contributed by atoms with E-state index in [1.165, 1.54) is 0 Å². The van der Waals surface area contributed by atoms with E-state index >= 15 is 0 Å².